The molecule has 1 aliphatic heterocycles. The van der Waals surface area contributed by atoms with Crippen molar-refractivity contribution in [3.05, 3.63) is 59.7 Å². The van der Waals surface area contributed by atoms with Gasteiger partial charge in [0, 0.05) is 17.9 Å². The summed E-state index contributed by atoms with van der Waals surface area (Å²) in [7, 11) is 0. The lowest BCUT2D eigenvalue weighted by Gasteiger charge is -2.28. The summed E-state index contributed by atoms with van der Waals surface area (Å²) in [5.41, 5.74) is 7.86. The molecule has 3 rings (SSSR count). The van der Waals surface area contributed by atoms with Gasteiger partial charge >= 0.3 is 11.8 Å². The number of nitrogens with zero attached hydrogens (tertiary/aromatic N) is 1. The highest BCUT2D eigenvalue weighted by molar-refractivity contribution is 6.43. The Balaban J connectivity index is 1.76. The number of imide groups is 1. The SMILES string of the molecule is Nc1ccccc1C(=O)NC(=O)C(=O)N1CCCc2ccccc21. The molecule has 0 aliphatic carbocycles. The van der Waals surface area contributed by atoms with E-state index in [-0.39, 0.29) is 11.3 Å². The van der Waals surface area contributed by atoms with Crippen LogP contribution in [0.2, 0.25) is 0 Å². The zero-order chi connectivity index (χ0) is 17.1. The highest BCUT2D eigenvalue weighted by atomic mass is 16.2. The number of para-hydroxylation sites is 2. The van der Waals surface area contributed by atoms with E-state index in [1.807, 2.05) is 18.2 Å². The molecule has 0 saturated carbocycles. The van der Waals surface area contributed by atoms with Crippen molar-refractivity contribution in [2.45, 2.75) is 12.8 Å². The lowest BCUT2D eigenvalue weighted by atomic mass is 10.0. The van der Waals surface area contributed by atoms with Crippen molar-refractivity contribution in [1.29, 1.82) is 0 Å². The average molecular weight is 323 g/mol. The maximum Gasteiger partial charge on any atom is 0.316 e. The molecule has 0 saturated heterocycles. The number of carbonyl (C=O) groups excluding carboxylic acids is 3. The summed E-state index contributed by atoms with van der Waals surface area (Å²) in [5, 5.41) is 2.12. The fourth-order valence-corrected chi connectivity index (χ4v) is 2.79. The van der Waals surface area contributed by atoms with Crippen LogP contribution in [0.1, 0.15) is 22.3 Å². The monoisotopic (exact) mass is 323 g/mol. The number of nitrogens with two attached hydrogens (primary N) is 1. The third kappa shape index (κ3) is 2.99. The van der Waals surface area contributed by atoms with Crippen molar-refractivity contribution >= 4 is 29.1 Å². The molecule has 0 fully saturated rings. The lowest BCUT2D eigenvalue weighted by Crippen LogP contribution is -2.47. The Hall–Kier alpha value is -3.15. The lowest BCUT2D eigenvalue weighted by molar-refractivity contribution is -0.137. The average Bonchev–Trinajstić information content (AvgIpc) is 2.60. The molecule has 6 heteroatoms. The molecule has 1 heterocycles. The van der Waals surface area contributed by atoms with Gasteiger partial charge in [-0.15, -0.1) is 0 Å². The molecule has 0 bridgehead atoms. The molecule has 3 N–H and O–H groups in total. The van der Waals surface area contributed by atoms with Gasteiger partial charge in [-0.3, -0.25) is 19.7 Å². The number of carbonyl (C=O) groups is 3. The van der Waals surface area contributed by atoms with Crippen LogP contribution in [0.15, 0.2) is 48.5 Å². The molecule has 1 aliphatic rings. The number of hydrogen-bond donors (Lipinski definition) is 2. The first-order valence-electron chi connectivity index (χ1n) is 7.67. The van der Waals surface area contributed by atoms with Crippen molar-refractivity contribution in [3.8, 4) is 0 Å². The zero-order valence-electron chi connectivity index (χ0n) is 13.0. The standard InChI is InChI=1S/C18H17N3O3/c19-14-9-3-2-8-13(14)16(22)20-17(23)18(24)21-11-5-7-12-6-1-4-10-15(12)21/h1-4,6,8-10H,5,7,11,19H2,(H,20,22,23). The van der Waals surface area contributed by atoms with Gasteiger partial charge in [0.2, 0.25) is 0 Å². The largest absolute Gasteiger partial charge is 0.398 e. The second kappa shape index (κ2) is 6.54. The third-order valence-electron chi connectivity index (χ3n) is 3.98. The van der Waals surface area contributed by atoms with Crippen LogP contribution in [0.5, 0.6) is 0 Å². The second-order valence-corrected chi connectivity index (χ2v) is 5.56. The van der Waals surface area contributed by atoms with Crippen LogP contribution >= 0.6 is 0 Å². The number of nitrogen functional groups attached to an aromatic ring is 1. The number of benzene rings is 2. The smallest absolute Gasteiger partial charge is 0.316 e. The minimum atomic E-state index is -0.958. The number of amides is 3. The fraction of sp³-hybridized carbons (Fsp3) is 0.167. The van der Waals surface area contributed by atoms with Gasteiger partial charge in [-0.2, -0.15) is 0 Å². The first-order chi connectivity index (χ1) is 11.6. The third-order valence-corrected chi connectivity index (χ3v) is 3.98. The Kier molecular flexibility index (Phi) is 4.29. The molecule has 2 aromatic rings. The van der Waals surface area contributed by atoms with Crippen molar-refractivity contribution in [1.82, 2.24) is 5.32 Å². The van der Waals surface area contributed by atoms with Crippen LogP contribution in [0.4, 0.5) is 11.4 Å². The van der Waals surface area contributed by atoms with Crippen LogP contribution in [-0.4, -0.2) is 24.3 Å². The molecule has 0 spiro atoms. The molecule has 0 radical (unpaired) electrons. The first kappa shape index (κ1) is 15.7. The Labute approximate surface area is 139 Å². The van der Waals surface area contributed by atoms with Crippen molar-refractivity contribution in [2.24, 2.45) is 0 Å². The van der Waals surface area contributed by atoms with Gasteiger partial charge in [-0.25, -0.2) is 0 Å². The van der Waals surface area contributed by atoms with E-state index >= 15 is 0 Å². The van der Waals surface area contributed by atoms with E-state index in [0.717, 1.165) is 24.1 Å². The van der Waals surface area contributed by atoms with Gasteiger partial charge in [0.25, 0.3) is 5.91 Å². The maximum absolute atomic E-state index is 12.4. The summed E-state index contributed by atoms with van der Waals surface area (Å²) in [6.07, 6.45) is 1.64. The van der Waals surface area contributed by atoms with E-state index in [9.17, 15) is 14.4 Å². The van der Waals surface area contributed by atoms with E-state index in [0.29, 0.717) is 6.54 Å². The summed E-state index contributed by atoms with van der Waals surface area (Å²) in [4.78, 5) is 38.2. The van der Waals surface area contributed by atoms with Gasteiger partial charge in [0.1, 0.15) is 0 Å². The van der Waals surface area contributed by atoms with Crippen LogP contribution in [0.25, 0.3) is 0 Å². The zero-order valence-corrected chi connectivity index (χ0v) is 13.0. The van der Waals surface area contributed by atoms with Crippen molar-refractivity contribution < 1.29 is 14.4 Å². The van der Waals surface area contributed by atoms with E-state index in [4.69, 9.17) is 5.73 Å². The highest BCUT2D eigenvalue weighted by Crippen LogP contribution is 2.26. The number of anilines is 2. The van der Waals surface area contributed by atoms with Crippen molar-refractivity contribution in [2.75, 3.05) is 17.2 Å². The van der Waals surface area contributed by atoms with E-state index in [2.05, 4.69) is 5.32 Å². The minimum absolute atomic E-state index is 0.165. The van der Waals surface area contributed by atoms with Crippen LogP contribution in [0, 0.1) is 0 Å². The summed E-state index contributed by atoms with van der Waals surface area (Å²) in [6.45, 7) is 0.449. The molecule has 2 aromatic carbocycles. The normalized spacial score (nSPS) is 13.1. The molecule has 0 atom stereocenters. The molecule has 24 heavy (non-hydrogen) atoms. The fourth-order valence-electron chi connectivity index (χ4n) is 2.79. The summed E-state index contributed by atoms with van der Waals surface area (Å²) < 4.78 is 0. The Morgan fingerprint density at radius 2 is 1.71 bits per heavy atom. The molecular weight excluding hydrogens is 306 g/mol. The summed E-state index contributed by atoms with van der Waals surface area (Å²) >= 11 is 0. The number of aryl methyl sites for hydroxylation is 1. The van der Waals surface area contributed by atoms with Gasteiger partial charge < -0.3 is 10.6 Å². The van der Waals surface area contributed by atoms with E-state index in [1.54, 1.807) is 24.3 Å². The number of rotatable bonds is 1. The van der Waals surface area contributed by atoms with Gasteiger partial charge in [0.15, 0.2) is 0 Å². The summed E-state index contributed by atoms with van der Waals surface area (Å²) in [6, 6.07) is 13.8. The predicted octanol–water partition coefficient (Wildman–Crippen LogP) is 1.50. The van der Waals surface area contributed by atoms with Crippen LogP contribution in [0.3, 0.4) is 0 Å². The quantitative estimate of drug-likeness (QED) is 0.614. The maximum atomic E-state index is 12.4. The van der Waals surface area contributed by atoms with E-state index < -0.39 is 17.7 Å². The molecule has 0 aromatic heterocycles. The first-order valence-corrected chi connectivity index (χ1v) is 7.67. The molecule has 0 unspecified atom stereocenters. The Morgan fingerprint density at radius 3 is 2.50 bits per heavy atom. The van der Waals surface area contributed by atoms with Crippen molar-refractivity contribution in [3.63, 3.8) is 0 Å². The molecule has 122 valence electrons. The van der Waals surface area contributed by atoms with E-state index in [1.165, 1.54) is 11.0 Å². The Bertz CT molecular complexity index is 817. The molecule has 3 amide bonds. The summed E-state index contributed by atoms with van der Waals surface area (Å²) in [5.74, 6) is -2.39. The van der Waals surface area contributed by atoms with Gasteiger partial charge in [-0.05, 0) is 36.6 Å². The minimum Gasteiger partial charge on any atom is -0.398 e. The van der Waals surface area contributed by atoms with Gasteiger partial charge in [0.05, 0.1) is 5.56 Å². The predicted molar refractivity (Wildman–Crippen MR) is 90.4 cm³/mol. The highest BCUT2D eigenvalue weighted by Gasteiger charge is 2.28. The Morgan fingerprint density at radius 1 is 1.00 bits per heavy atom. The molecular formula is C18H17N3O3. The molecule has 6 nitrogen and oxygen atoms in total. The topological polar surface area (TPSA) is 92.5 Å². The number of nitrogens with one attached hydrogen (secondary N) is 1. The number of hydrogen-bond acceptors (Lipinski definition) is 4. The van der Waals surface area contributed by atoms with Crippen LogP contribution < -0.4 is 16.0 Å². The van der Waals surface area contributed by atoms with Crippen LogP contribution in [-0.2, 0) is 16.0 Å². The second-order valence-electron chi connectivity index (χ2n) is 5.56. The number of fused-ring (bicyclic) bond motifs is 1. The van der Waals surface area contributed by atoms with Gasteiger partial charge in [-0.1, -0.05) is 30.3 Å².